The fourth-order valence-electron chi connectivity index (χ4n) is 1.62. The highest BCUT2D eigenvalue weighted by Gasteiger charge is 2.07. The summed E-state index contributed by atoms with van der Waals surface area (Å²) in [6.45, 7) is 4.01. The minimum absolute atomic E-state index is 0.213. The number of rotatable bonds is 5. The first-order chi connectivity index (χ1) is 8.08. The second-order valence-electron chi connectivity index (χ2n) is 3.78. The molecule has 0 unspecified atom stereocenters. The smallest absolute Gasteiger partial charge is 0.308 e. The van der Waals surface area contributed by atoms with Gasteiger partial charge in [-0.25, -0.2) is 0 Å². The molecular formula is C13H16O4. The van der Waals surface area contributed by atoms with E-state index in [1.54, 1.807) is 12.1 Å². The Kier molecular flexibility index (Phi) is 4.69. The lowest BCUT2D eigenvalue weighted by atomic mass is 10.1. The van der Waals surface area contributed by atoms with Crippen molar-refractivity contribution in [2.24, 2.45) is 0 Å². The number of hydrogen-bond donors (Lipinski definition) is 0. The summed E-state index contributed by atoms with van der Waals surface area (Å²) in [5.74, 6) is 0.421. The van der Waals surface area contributed by atoms with Gasteiger partial charge >= 0.3 is 5.97 Å². The molecule has 0 heterocycles. The number of ether oxygens (including phenoxy) is 2. The van der Waals surface area contributed by atoms with Gasteiger partial charge in [0.05, 0.1) is 20.1 Å². The number of hydrogen-bond acceptors (Lipinski definition) is 4. The summed E-state index contributed by atoms with van der Waals surface area (Å²) in [5.41, 5.74) is 2.40. The van der Waals surface area contributed by atoms with Crippen LogP contribution in [0.3, 0.4) is 0 Å². The molecule has 0 radical (unpaired) electrons. The largest absolute Gasteiger partial charge is 0.492 e. The Morgan fingerprint density at radius 2 is 1.88 bits per heavy atom. The van der Waals surface area contributed by atoms with Crippen LogP contribution in [0.2, 0.25) is 0 Å². The van der Waals surface area contributed by atoms with Crippen molar-refractivity contribution < 1.29 is 19.1 Å². The number of carbonyl (C=O) groups excluding carboxylic acids is 2. The maximum Gasteiger partial charge on any atom is 0.308 e. The Bertz CT molecular complexity index is 400. The molecule has 0 aliphatic heterocycles. The Labute approximate surface area is 101 Å². The van der Waals surface area contributed by atoms with E-state index < -0.39 is 0 Å². The van der Waals surface area contributed by atoms with Crippen LogP contribution in [0.15, 0.2) is 12.1 Å². The Morgan fingerprint density at radius 1 is 1.29 bits per heavy atom. The van der Waals surface area contributed by atoms with Gasteiger partial charge in [0.15, 0.2) is 0 Å². The maximum absolute atomic E-state index is 10.9. The lowest BCUT2D eigenvalue weighted by Gasteiger charge is -2.12. The van der Waals surface area contributed by atoms with Crippen LogP contribution >= 0.6 is 0 Å². The lowest BCUT2D eigenvalue weighted by Crippen LogP contribution is -2.08. The van der Waals surface area contributed by atoms with Gasteiger partial charge in [0.2, 0.25) is 0 Å². The van der Waals surface area contributed by atoms with E-state index in [0.29, 0.717) is 5.56 Å². The standard InChI is InChI=1S/C13H16O4/c1-9-6-11(8-14)7-10(2)13(9)17-5-4-12(15)16-3/h6-8H,4-5H2,1-3H3. The van der Waals surface area contributed by atoms with Crippen molar-refractivity contribution in [1.82, 2.24) is 0 Å². The molecular weight excluding hydrogens is 220 g/mol. The Morgan fingerprint density at radius 3 is 2.35 bits per heavy atom. The number of aldehydes is 1. The minimum atomic E-state index is -0.301. The number of esters is 1. The van der Waals surface area contributed by atoms with Gasteiger partial charge in [-0.3, -0.25) is 9.59 Å². The van der Waals surface area contributed by atoms with E-state index in [4.69, 9.17) is 4.74 Å². The molecule has 0 fully saturated rings. The monoisotopic (exact) mass is 236 g/mol. The van der Waals surface area contributed by atoms with E-state index >= 15 is 0 Å². The van der Waals surface area contributed by atoms with Crippen LogP contribution in [0.4, 0.5) is 0 Å². The van der Waals surface area contributed by atoms with Crippen molar-refractivity contribution in [3.05, 3.63) is 28.8 Å². The molecule has 0 aromatic heterocycles. The second kappa shape index (κ2) is 6.03. The highest BCUT2D eigenvalue weighted by atomic mass is 16.5. The summed E-state index contributed by atoms with van der Waals surface area (Å²) < 4.78 is 10.0. The van der Waals surface area contributed by atoms with Gasteiger partial charge in [0.1, 0.15) is 12.0 Å². The molecule has 0 amide bonds. The summed E-state index contributed by atoms with van der Waals surface area (Å²) in [6.07, 6.45) is 1.02. The fourth-order valence-corrected chi connectivity index (χ4v) is 1.62. The number of benzene rings is 1. The molecule has 4 heteroatoms. The summed E-state index contributed by atoms with van der Waals surface area (Å²) in [5, 5.41) is 0. The zero-order valence-corrected chi connectivity index (χ0v) is 10.3. The van der Waals surface area contributed by atoms with Gasteiger partial charge in [0.25, 0.3) is 0 Å². The highest BCUT2D eigenvalue weighted by Crippen LogP contribution is 2.24. The quantitative estimate of drug-likeness (QED) is 0.580. The predicted octanol–water partition coefficient (Wildman–Crippen LogP) is 2.06. The van der Waals surface area contributed by atoms with Crippen molar-refractivity contribution >= 4 is 12.3 Å². The average molecular weight is 236 g/mol. The van der Waals surface area contributed by atoms with E-state index in [1.165, 1.54) is 7.11 Å². The molecule has 0 atom stereocenters. The third-order valence-electron chi connectivity index (χ3n) is 2.40. The summed E-state index contributed by atoms with van der Waals surface area (Å²) >= 11 is 0. The SMILES string of the molecule is COC(=O)CCOc1c(C)cc(C=O)cc1C. The molecule has 0 saturated carbocycles. The zero-order valence-electron chi connectivity index (χ0n) is 10.3. The molecule has 4 nitrogen and oxygen atoms in total. The molecule has 1 aromatic carbocycles. The Hall–Kier alpha value is -1.84. The van der Waals surface area contributed by atoms with E-state index in [0.717, 1.165) is 23.2 Å². The van der Waals surface area contributed by atoms with Gasteiger partial charge in [0, 0.05) is 5.56 Å². The highest BCUT2D eigenvalue weighted by molar-refractivity contribution is 5.76. The maximum atomic E-state index is 10.9. The molecule has 1 aromatic rings. The third kappa shape index (κ3) is 3.59. The molecule has 1 rings (SSSR count). The summed E-state index contributed by atoms with van der Waals surface area (Å²) in [6, 6.07) is 3.51. The van der Waals surface area contributed by atoms with Crippen molar-refractivity contribution in [2.45, 2.75) is 20.3 Å². The number of carbonyl (C=O) groups is 2. The van der Waals surface area contributed by atoms with Crippen LogP contribution in [0.25, 0.3) is 0 Å². The van der Waals surface area contributed by atoms with Gasteiger partial charge in [-0.05, 0) is 37.1 Å². The normalized spacial score (nSPS) is 9.82. The van der Waals surface area contributed by atoms with Crippen LogP contribution in [-0.2, 0) is 9.53 Å². The second-order valence-corrected chi connectivity index (χ2v) is 3.78. The van der Waals surface area contributed by atoms with Crippen molar-refractivity contribution in [3.8, 4) is 5.75 Å². The first-order valence-corrected chi connectivity index (χ1v) is 5.34. The average Bonchev–Trinajstić information content (AvgIpc) is 2.31. The van der Waals surface area contributed by atoms with Crippen LogP contribution in [0.5, 0.6) is 5.75 Å². The van der Waals surface area contributed by atoms with Crippen LogP contribution < -0.4 is 4.74 Å². The topological polar surface area (TPSA) is 52.6 Å². The summed E-state index contributed by atoms with van der Waals surface area (Å²) in [7, 11) is 1.34. The van der Waals surface area contributed by atoms with E-state index in [-0.39, 0.29) is 19.0 Å². The van der Waals surface area contributed by atoms with Gasteiger partial charge < -0.3 is 9.47 Å². The summed E-state index contributed by atoms with van der Waals surface area (Å²) in [4.78, 5) is 21.6. The molecule has 0 bridgehead atoms. The van der Waals surface area contributed by atoms with Crippen molar-refractivity contribution in [2.75, 3.05) is 13.7 Å². The molecule has 92 valence electrons. The molecule has 0 spiro atoms. The number of methoxy groups -OCH3 is 1. The van der Waals surface area contributed by atoms with Crippen LogP contribution in [0.1, 0.15) is 27.9 Å². The van der Waals surface area contributed by atoms with Gasteiger partial charge in [-0.2, -0.15) is 0 Å². The van der Waals surface area contributed by atoms with Crippen molar-refractivity contribution in [1.29, 1.82) is 0 Å². The molecule has 0 saturated heterocycles. The third-order valence-corrected chi connectivity index (χ3v) is 2.40. The molecule has 17 heavy (non-hydrogen) atoms. The Balaban J connectivity index is 2.71. The molecule has 0 N–H and O–H groups in total. The van der Waals surface area contributed by atoms with E-state index in [1.807, 2.05) is 13.8 Å². The minimum Gasteiger partial charge on any atom is -0.492 e. The lowest BCUT2D eigenvalue weighted by molar-refractivity contribution is -0.141. The van der Waals surface area contributed by atoms with Gasteiger partial charge in [-0.15, -0.1) is 0 Å². The van der Waals surface area contributed by atoms with E-state index in [9.17, 15) is 9.59 Å². The fraction of sp³-hybridized carbons (Fsp3) is 0.385. The first kappa shape index (κ1) is 13.2. The van der Waals surface area contributed by atoms with Crippen LogP contribution in [0, 0.1) is 13.8 Å². The predicted molar refractivity (Wildman–Crippen MR) is 63.4 cm³/mol. The van der Waals surface area contributed by atoms with E-state index in [2.05, 4.69) is 4.74 Å². The van der Waals surface area contributed by atoms with Crippen LogP contribution in [-0.4, -0.2) is 26.0 Å². The van der Waals surface area contributed by atoms with Crippen molar-refractivity contribution in [3.63, 3.8) is 0 Å². The first-order valence-electron chi connectivity index (χ1n) is 5.34. The molecule has 0 aliphatic carbocycles. The zero-order chi connectivity index (χ0) is 12.8. The molecule has 0 aliphatic rings. The van der Waals surface area contributed by atoms with Gasteiger partial charge in [-0.1, -0.05) is 0 Å². The number of aryl methyl sites for hydroxylation is 2.